The Morgan fingerprint density at radius 1 is 1.40 bits per heavy atom. The molecule has 4 nitrogen and oxygen atoms in total. The first-order valence-corrected chi connectivity index (χ1v) is 7.42. The number of alkyl halides is 3. The fourth-order valence-corrected chi connectivity index (χ4v) is 2.33. The Kier molecular flexibility index (Phi) is 7.68. The summed E-state index contributed by atoms with van der Waals surface area (Å²) in [6.07, 6.45) is 0.328. The fourth-order valence-electron chi connectivity index (χ4n) is 2.33. The predicted octanol–water partition coefficient (Wildman–Crippen LogP) is 3.02. The lowest BCUT2D eigenvalue weighted by atomic mass is 9.91. The minimum Gasteiger partial charge on any atom is -0.451 e. The molecule has 7 heteroatoms. The van der Waals surface area contributed by atoms with Crippen molar-refractivity contribution in [2.24, 2.45) is 0 Å². The van der Waals surface area contributed by atoms with Gasteiger partial charge in [0, 0.05) is 13.5 Å². The summed E-state index contributed by atoms with van der Waals surface area (Å²) < 4.78 is 51.2. The van der Waals surface area contributed by atoms with Crippen LogP contribution in [0.1, 0.15) is 18.0 Å². The highest BCUT2D eigenvalue weighted by Gasteiger charge is 2.61. The van der Waals surface area contributed by atoms with Gasteiger partial charge in [0.25, 0.3) is 0 Å². The van der Waals surface area contributed by atoms with Gasteiger partial charge in [-0.05, 0) is 5.56 Å². The van der Waals surface area contributed by atoms with Crippen molar-refractivity contribution in [3.63, 3.8) is 0 Å². The van der Waals surface area contributed by atoms with Crippen LogP contribution in [0.25, 0.3) is 0 Å². The smallest absolute Gasteiger partial charge is 0.417 e. The van der Waals surface area contributed by atoms with Gasteiger partial charge in [-0.3, -0.25) is 5.32 Å². The van der Waals surface area contributed by atoms with E-state index in [1.54, 1.807) is 30.3 Å². The molecule has 0 aliphatic rings. The van der Waals surface area contributed by atoms with Crippen LogP contribution in [0.5, 0.6) is 0 Å². The number of rotatable bonds is 9. The third-order valence-corrected chi connectivity index (χ3v) is 3.53. The van der Waals surface area contributed by atoms with Gasteiger partial charge in [-0.2, -0.15) is 13.2 Å². The number of hydrogen-bond acceptors (Lipinski definition) is 4. The van der Waals surface area contributed by atoms with Crippen LogP contribution >= 0.6 is 0 Å². The number of benzene rings is 1. The maximum atomic E-state index is 13.9. The van der Waals surface area contributed by atoms with E-state index in [0.717, 1.165) is 6.08 Å². The zero-order valence-corrected chi connectivity index (χ0v) is 13.8. The molecule has 0 aromatic heterocycles. The second-order valence-electron chi connectivity index (χ2n) is 5.24. The summed E-state index contributed by atoms with van der Waals surface area (Å²) in [5, 5.41) is 2.37. The maximum absolute atomic E-state index is 13.9. The van der Waals surface area contributed by atoms with Crippen molar-refractivity contribution in [3.05, 3.63) is 48.6 Å². The molecule has 1 aromatic carbocycles. The van der Waals surface area contributed by atoms with Crippen LogP contribution in [-0.2, 0) is 14.3 Å². The molecule has 0 spiro atoms. The third kappa shape index (κ3) is 5.08. The van der Waals surface area contributed by atoms with Crippen LogP contribution in [0.15, 0.2) is 43.0 Å². The molecule has 25 heavy (non-hydrogen) atoms. The van der Waals surface area contributed by atoms with Crippen LogP contribution in [0.4, 0.5) is 13.2 Å². The molecule has 0 aliphatic carbocycles. The zero-order chi connectivity index (χ0) is 18.9. The first-order valence-electron chi connectivity index (χ1n) is 7.42. The van der Waals surface area contributed by atoms with Crippen molar-refractivity contribution >= 4 is 5.97 Å². The lowest BCUT2D eigenvalue weighted by molar-refractivity contribution is -0.215. The fraction of sp³-hybridized carbons (Fsp3) is 0.389. The minimum atomic E-state index is -4.94. The van der Waals surface area contributed by atoms with Crippen molar-refractivity contribution in [1.29, 1.82) is 0 Å². The number of carbonyl (C=O) groups excluding carboxylic acids is 1. The van der Waals surface area contributed by atoms with Gasteiger partial charge in [0.15, 0.2) is 6.61 Å². The van der Waals surface area contributed by atoms with Gasteiger partial charge < -0.3 is 9.47 Å². The van der Waals surface area contributed by atoms with E-state index < -0.39 is 36.8 Å². The van der Waals surface area contributed by atoms with Gasteiger partial charge in [-0.15, -0.1) is 13.0 Å². The van der Waals surface area contributed by atoms with E-state index in [1.807, 2.05) is 5.92 Å². The summed E-state index contributed by atoms with van der Waals surface area (Å²) in [5.41, 5.74) is -2.45. The van der Waals surface area contributed by atoms with Gasteiger partial charge in [-0.25, -0.2) is 4.79 Å². The average molecular weight is 355 g/mol. The van der Waals surface area contributed by atoms with Crippen LogP contribution in [0.2, 0.25) is 0 Å². The maximum Gasteiger partial charge on any atom is 0.417 e. The summed E-state index contributed by atoms with van der Waals surface area (Å²) in [6.45, 7) is 2.69. The summed E-state index contributed by atoms with van der Waals surface area (Å²) in [7, 11) is 1.36. The summed E-state index contributed by atoms with van der Waals surface area (Å²) in [5.74, 6) is 0.481. The lowest BCUT2D eigenvalue weighted by Crippen LogP contribution is -2.64. The molecule has 1 rings (SSSR count). The molecular formula is C18H20F3NO3. The Labute approximate surface area is 145 Å². The Morgan fingerprint density at radius 2 is 2.04 bits per heavy atom. The van der Waals surface area contributed by atoms with Crippen molar-refractivity contribution in [3.8, 4) is 12.3 Å². The Morgan fingerprint density at radius 3 is 2.52 bits per heavy atom. The normalized spacial score (nSPS) is 14.8. The highest BCUT2D eigenvalue weighted by molar-refractivity contribution is 5.82. The van der Waals surface area contributed by atoms with Gasteiger partial charge in [-0.1, -0.05) is 42.3 Å². The summed E-state index contributed by atoms with van der Waals surface area (Å²) >= 11 is 0. The van der Waals surface area contributed by atoms with Crippen LogP contribution in [0, 0.1) is 12.3 Å². The molecule has 0 heterocycles. The molecule has 0 bridgehead atoms. The Balaban J connectivity index is 3.31. The average Bonchev–Trinajstić information content (AvgIpc) is 2.58. The standard InChI is InChI=1S/C18H20F3NO3/c1-4-11-17(18(19,20)21,16(23)25-12-5-2)22-15(13-24-3)14-9-7-6-8-10-14/h2,4,6-10,15,22H,1,11-13H2,3H3/t15-,17+/m0/s1. The number of methoxy groups -OCH3 is 1. The molecule has 0 unspecified atom stereocenters. The highest BCUT2D eigenvalue weighted by atomic mass is 19.4. The molecule has 0 saturated carbocycles. The van der Waals surface area contributed by atoms with Crippen LogP contribution in [-0.4, -0.2) is 38.0 Å². The van der Waals surface area contributed by atoms with E-state index in [2.05, 4.69) is 16.6 Å². The summed E-state index contributed by atoms with van der Waals surface area (Å²) in [4.78, 5) is 12.2. The first kappa shape index (κ1) is 20.7. The number of terminal acetylenes is 1. The van der Waals surface area contributed by atoms with E-state index in [1.165, 1.54) is 7.11 Å². The van der Waals surface area contributed by atoms with Crippen molar-refractivity contribution in [2.45, 2.75) is 24.2 Å². The first-order chi connectivity index (χ1) is 11.8. The number of ether oxygens (including phenoxy) is 2. The predicted molar refractivity (Wildman–Crippen MR) is 87.6 cm³/mol. The van der Waals surface area contributed by atoms with Crippen LogP contribution < -0.4 is 5.32 Å². The number of nitrogens with one attached hydrogen (secondary N) is 1. The molecule has 136 valence electrons. The molecular weight excluding hydrogens is 335 g/mol. The van der Waals surface area contributed by atoms with Crippen LogP contribution in [0.3, 0.4) is 0 Å². The number of halogens is 3. The van der Waals surface area contributed by atoms with Crippen molar-refractivity contribution < 1.29 is 27.4 Å². The quantitative estimate of drug-likeness (QED) is 0.420. The molecule has 0 fully saturated rings. The molecule has 0 radical (unpaired) electrons. The lowest BCUT2D eigenvalue weighted by Gasteiger charge is -2.36. The van der Waals surface area contributed by atoms with E-state index in [4.69, 9.17) is 11.2 Å². The molecule has 0 saturated heterocycles. The van der Waals surface area contributed by atoms with E-state index in [9.17, 15) is 18.0 Å². The Bertz CT molecular complexity index is 610. The minimum absolute atomic E-state index is 0.0819. The molecule has 1 aromatic rings. The largest absolute Gasteiger partial charge is 0.451 e. The summed E-state index contributed by atoms with van der Waals surface area (Å²) in [6, 6.07) is 7.47. The van der Waals surface area contributed by atoms with Gasteiger partial charge >= 0.3 is 12.1 Å². The number of esters is 1. The number of hydrogen-bond donors (Lipinski definition) is 1. The molecule has 2 atom stereocenters. The second kappa shape index (κ2) is 9.25. The number of carbonyl (C=O) groups is 1. The van der Waals surface area contributed by atoms with Crippen molar-refractivity contribution in [1.82, 2.24) is 5.32 Å². The van der Waals surface area contributed by atoms with E-state index in [0.29, 0.717) is 5.56 Å². The highest BCUT2D eigenvalue weighted by Crippen LogP contribution is 2.37. The van der Waals surface area contributed by atoms with Gasteiger partial charge in [0.2, 0.25) is 5.54 Å². The van der Waals surface area contributed by atoms with Gasteiger partial charge in [0.1, 0.15) is 0 Å². The molecule has 0 amide bonds. The molecule has 0 aliphatic heterocycles. The third-order valence-electron chi connectivity index (χ3n) is 3.53. The van der Waals surface area contributed by atoms with Gasteiger partial charge in [0.05, 0.1) is 12.6 Å². The monoisotopic (exact) mass is 355 g/mol. The zero-order valence-electron chi connectivity index (χ0n) is 13.8. The Hall–Kier alpha value is -2.30. The topological polar surface area (TPSA) is 47.6 Å². The van der Waals surface area contributed by atoms with E-state index >= 15 is 0 Å². The molecule has 1 N–H and O–H groups in total. The van der Waals surface area contributed by atoms with E-state index in [-0.39, 0.29) is 6.61 Å². The second-order valence-corrected chi connectivity index (χ2v) is 5.24. The van der Waals surface area contributed by atoms with Crippen molar-refractivity contribution in [2.75, 3.05) is 20.3 Å². The SMILES string of the molecule is C#CCOC(=O)[C@@](CC=C)(N[C@@H](COC)c1ccccc1)C(F)(F)F.